The molecule has 0 bridgehead atoms. The summed E-state index contributed by atoms with van der Waals surface area (Å²) in [5.41, 5.74) is 5.52. The minimum atomic E-state index is 1.21. The first-order chi connectivity index (χ1) is 11.8. The largest absolute Gasteiger partial charge is 0.0654 e. The molecule has 0 unspecified atom stereocenters. The molecule has 129 valence electrons. The van der Waals surface area contributed by atoms with Crippen molar-refractivity contribution in [1.29, 1.82) is 0 Å². The van der Waals surface area contributed by atoms with E-state index in [1.54, 1.807) is 0 Å². The molecule has 0 spiro atoms. The summed E-state index contributed by atoms with van der Waals surface area (Å²) in [6, 6.07) is 18.1. The first-order valence-corrected chi connectivity index (χ1v) is 9.84. The minimum Gasteiger partial charge on any atom is -0.0654 e. The van der Waals surface area contributed by atoms with Crippen LogP contribution >= 0.6 is 0 Å². The van der Waals surface area contributed by atoms with Crippen LogP contribution in [0.25, 0.3) is 0 Å². The van der Waals surface area contributed by atoms with Gasteiger partial charge in [-0.1, -0.05) is 94.5 Å². The number of hydrogen-bond donors (Lipinski definition) is 0. The first-order valence-electron chi connectivity index (χ1n) is 9.84. The third-order valence-electron chi connectivity index (χ3n) is 4.68. The number of hydrogen-bond acceptors (Lipinski definition) is 0. The molecule has 0 saturated heterocycles. The Kier molecular flexibility index (Phi) is 8.66. The van der Waals surface area contributed by atoms with E-state index in [-0.39, 0.29) is 0 Å². The quantitative estimate of drug-likeness (QED) is 0.386. The van der Waals surface area contributed by atoms with E-state index < -0.39 is 0 Å². The first kappa shape index (κ1) is 18.8. The van der Waals surface area contributed by atoms with Crippen molar-refractivity contribution >= 4 is 0 Å². The molecule has 0 amide bonds. The van der Waals surface area contributed by atoms with E-state index in [1.807, 2.05) is 0 Å². The smallest absolute Gasteiger partial charge is 0.0199 e. The second kappa shape index (κ2) is 11.1. The van der Waals surface area contributed by atoms with Gasteiger partial charge in [0.1, 0.15) is 0 Å². The van der Waals surface area contributed by atoms with E-state index in [4.69, 9.17) is 0 Å². The van der Waals surface area contributed by atoms with Gasteiger partial charge in [0.2, 0.25) is 0 Å². The summed E-state index contributed by atoms with van der Waals surface area (Å²) in [4.78, 5) is 0. The molecule has 0 aliphatic rings. The highest BCUT2D eigenvalue weighted by Gasteiger charge is 2.00. The lowest BCUT2D eigenvalue weighted by atomic mass is 9.99. The van der Waals surface area contributed by atoms with Gasteiger partial charge in [-0.15, -0.1) is 0 Å². The predicted molar refractivity (Wildman–Crippen MR) is 106 cm³/mol. The fraction of sp³-hybridized carbons (Fsp3) is 0.458. The summed E-state index contributed by atoms with van der Waals surface area (Å²) in [6.07, 6.45) is 14.0. The van der Waals surface area contributed by atoms with Gasteiger partial charge in [0.15, 0.2) is 0 Å². The summed E-state index contributed by atoms with van der Waals surface area (Å²) in [6.45, 7) is 4.52. The zero-order valence-electron chi connectivity index (χ0n) is 15.6. The molecule has 0 nitrogen and oxygen atoms in total. The molecule has 0 heteroatoms. The van der Waals surface area contributed by atoms with Gasteiger partial charge < -0.3 is 0 Å². The zero-order chi connectivity index (χ0) is 17.0. The predicted octanol–water partition coefficient (Wildman–Crippen LogP) is 7.14. The standard InChI is InChI=1S/C24H33/c1-3-5-7-9-11-22-14-18-24(19-15-22)20-23-16-12-21(13-17-23)10-8-6-4-2/h12-20H,3-11H2,1-2H3. The lowest BCUT2D eigenvalue weighted by Crippen LogP contribution is -1.90. The average Bonchev–Trinajstić information content (AvgIpc) is 2.62. The molecule has 0 atom stereocenters. The van der Waals surface area contributed by atoms with Crippen molar-refractivity contribution in [2.75, 3.05) is 0 Å². The van der Waals surface area contributed by atoms with Crippen LogP contribution in [0, 0.1) is 6.42 Å². The van der Waals surface area contributed by atoms with Crippen LogP contribution in [0.15, 0.2) is 48.5 Å². The second-order valence-electron chi connectivity index (χ2n) is 6.90. The highest BCUT2D eigenvalue weighted by Crippen LogP contribution is 2.16. The molecule has 0 aromatic heterocycles. The lowest BCUT2D eigenvalue weighted by Gasteiger charge is -2.06. The summed E-state index contributed by atoms with van der Waals surface area (Å²) < 4.78 is 0. The van der Waals surface area contributed by atoms with Gasteiger partial charge in [0.25, 0.3) is 0 Å². The third kappa shape index (κ3) is 6.91. The Bertz CT molecular complexity index is 548. The Labute approximate surface area is 149 Å². The molecule has 2 rings (SSSR count). The number of benzene rings is 2. The van der Waals surface area contributed by atoms with Gasteiger partial charge >= 0.3 is 0 Å². The van der Waals surface area contributed by atoms with Crippen molar-refractivity contribution in [3.8, 4) is 0 Å². The molecular formula is C24H33. The average molecular weight is 322 g/mol. The van der Waals surface area contributed by atoms with Crippen LogP contribution in [-0.2, 0) is 12.8 Å². The van der Waals surface area contributed by atoms with E-state index in [0.717, 1.165) is 0 Å². The van der Waals surface area contributed by atoms with Crippen molar-refractivity contribution in [2.24, 2.45) is 0 Å². The third-order valence-corrected chi connectivity index (χ3v) is 4.68. The van der Waals surface area contributed by atoms with E-state index in [2.05, 4.69) is 68.8 Å². The zero-order valence-corrected chi connectivity index (χ0v) is 15.6. The fourth-order valence-electron chi connectivity index (χ4n) is 3.09. The Morgan fingerprint density at radius 1 is 0.542 bits per heavy atom. The summed E-state index contributed by atoms with van der Waals surface area (Å²) in [5, 5.41) is 0. The molecular weight excluding hydrogens is 288 g/mol. The van der Waals surface area contributed by atoms with Crippen LogP contribution in [0.4, 0.5) is 0 Å². The van der Waals surface area contributed by atoms with Crippen LogP contribution in [-0.4, -0.2) is 0 Å². The van der Waals surface area contributed by atoms with Crippen LogP contribution in [0.3, 0.4) is 0 Å². The van der Waals surface area contributed by atoms with Crippen LogP contribution in [0.5, 0.6) is 0 Å². The van der Waals surface area contributed by atoms with Crippen molar-refractivity contribution in [3.05, 3.63) is 77.2 Å². The van der Waals surface area contributed by atoms with Crippen molar-refractivity contribution in [2.45, 2.75) is 71.6 Å². The molecule has 0 aliphatic carbocycles. The molecule has 0 saturated carbocycles. The van der Waals surface area contributed by atoms with Gasteiger partial charge in [-0.2, -0.15) is 0 Å². The summed E-state index contributed by atoms with van der Waals surface area (Å²) in [7, 11) is 0. The van der Waals surface area contributed by atoms with Crippen molar-refractivity contribution in [1.82, 2.24) is 0 Å². The molecule has 0 aliphatic heterocycles. The monoisotopic (exact) mass is 321 g/mol. The number of rotatable bonds is 11. The van der Waals surface area contributed by atoms with Gasteiger partial charge in [0.05, 0.1) is 0 Å². The van der Waals surface area contributed by atoms with Gasteiger partial charge in [-0.3, -0.25) is 0 Å². The van der Waals surface area contributed by atoms with Crippen LogP contribution < -0.4 is 0 Å². The van der Waals surface area contributed by atoms with Gasteiger partial charge in [0, 0.05) is 6.42 Å². The maximum atomic E-state index is 2.29. The molecule has 0 heterocycles. The van der Waals surface area contributed by atoms with E-state index in [0.29, 0.717) is 0 Å². The van der Waals surface area contributed by atoms with Crippen molar-refractivity contribution in [3.63, 3.8) is 0 Å². The highest BCUT2D eigenvalue weighted by atomic mass is 14.0. The van der Waals surface area contributed by atoms with Crippen LogP contribution in [0.1, 0.15) is 81.0 Å². The van der Waals surface area contributed by atoms with Gasteiger partial charge in [-0.05, 0) is 47.9 Å². The number of aryl methyl sites for hydroxylation is 2. The fourth-order valence-corrected chi connectivity index (χ4v) is 3.09. The lowest BCUT2D eigenvalue weighted by molar-refractivity contribution is 0.667. The Balaban J connectivity index is 1.80. The normalized spacial score (nSPS) is 10.9. The van der Waals surface area contributed by atoms with Crippen LogP contribution in [0.2, 0.25) is 0 Å². The highest BCUT2D eigenvalue weighted by molar-refractivity contribution is 5.39. The Morgan fingerprint density at radius 3 is 1.42 bits per heavy atom. The molecule has 24 heavy (non-hydrogen) atoms. The maximum Gasteiger partial charge on any atom is 0.0199 e. The van der Waals surface area contributed by atoms with Gasteiger partial charge in [-0.25, -0.2) is 0 Å². The van der Waals surface area contributed by atoms with Crippen molar-refractivity contribution < 1.29 is 0 Å². The molecule has 2 aromatic carbocycles. The summed E-state index contributed by atoms with van der Waals surface area (Å²) >= 11 is 0. The topological polar surface area (TPSA) is 0 Å². The SMILES string of the molecule is CCCCCCc1ccc([CH]c2ccc(CCCCC)cc2)cc1. The number of unbranched alkanes of at least 4 members (excludes halogenated alkanes) is 5. The molecule has 0 N–H and O–H groups in total. The molecule has 2 aromatic rings. The molecule has 0 fully saturated rings. The second-order valence-corrected chi connectivity index (χ2v) is 6.90. The van der Waals surface area contributed by atoms with E-state index in [1.165, 1.54) is 80.0 Å². The van der Waals surface area contributed by atoms with E-state index >= 15 is 0 Å². The minimum absolute atomic E-state index is 1.21. The maximum absolute atomic E-state index is 2.29. The van der Waals surface area contributed by atoms with E-state index in [9.17, 15) is 0 Å². The molecule has 1 radical (unpaired) electrons. The Hall–Kier alpha value is -1.56. The Morgan fingerprint density at radius 2 is 0.958 bits per heavy atom. The summed E-state index contributed by atoms with van der Waals surface area (Å²) in [5.74, 6) is 0.